The van der Waals surface area contributed by atoms with Crippen molar-refractivity contribution in [3.05, 3.63) is 52.3 Å². The lowest BCUT2D eigenvalue weighted by Crippen LogP contribution is -2.31. The van der Waals surface area contributed by atoms with Gasteiger partial charge in [-0.1, -0.05) is 0 Å². The van der Waals surface area contributed by atoms with Gasteiger partial charge >= 0.3 is 0 Å². The molecule has 0 unspecified atom stereocenters. The minimum absolute atomic E-state index is 0.252. The number of hydrogen-bond acceptors (Lipinski definition) is 5. The third-order valence-electron chi connectivity index (χ3n) is 3.44. The molecule has 0 saturated heterocycles. The van der Waals surface area contributed by atoms with Crippen molar-refractivity contribution >= 4 is 51.1 Å². The second-order valence-electron chi connectivity index (χ2n) is 5.61. The lowest BCUT2D eigenvalue weighted by molar-refractivity contribution is -0.118. The van der Waals surface area contributed by atoms with Crippen LogP contribution in [0, 0.1) is 5.82 Å². The van der Waals surface area contributed by atoms with Crippen LogP contribution in [0.1, 0.15) is 12.5 Å². The van der Waals surface area contributed by atoms with E-state index in [0.717, 1.165) is 5.56 Å². The lowest BCUT2D eigenvalue weighted by Gasteiger charge is -2.13. The number of benzene rings is 2. The first kappa shape index (κ1) is 22.6. The monoisotopic (exact) mass is 482 g/mol. The Bertz CT molecular complexity index is 894. The van der Waals surface area contributed by atoms with Crippen LogP contribution in [-0.4, -0.2) is 37.5 Å². The fraction of sp³-hybridized carbons (Fsp3) is 0.211. The average Bonchev–Trinajstić information content (AvgIpc) is 2.68. The Labute approximate surface area is 181 Å². The molecule has 10 heteroatoms. The number of hydrogen-bond donors (Lipinski definition) is 3. The fourth-order valence-corrected chi connectivity index (χ4v) is 2.96. The SMILES string of the molecule is CCNC(=S)N/N=C\c1cc(Br)c(OCC(=O)Nc2ccc(F)cc2)c(OC)c1. The van der Waals surface area contributed by atoms with Gasteiger partial charge in [-0.15, -0.1) is 0 Å². The van der Waals surface area contributed by atoms with Crippen molar-refractivity contribution < 1.29 is 18.7 Å². The van der Waals surface area contributed by atoms with Crippen LogP contribution in [-0.2, 0) is 4.79 Å². The summed E-state index contributed by atoms with van der Waals surface area (Å²) in [5, 5.41) is 10.0. The molecule has 0 aromatic heterocycles. The van der Waals surface area contributed by atoms with Gasteiger partial charge in [-0.3, -0.25) is 10.2 Å². The van der Waals surface area contributed by atoms with E-state index in [1.165, 1.54) is 31.4 Å². The molecule has 3 N–H and O–H groups in total. The Morgan fingerprint density at radius 2 is 2.03 bits per heavy atom. The second-order valence-corrected chi connectivity index (χ2v) is 6.87. The Balaban J connectivity index is 2.01. The van der Waals surface area contributed by atoms with Crippen LogP contribution < -0.4 is 25.5 Å². The minimum Gasteiger partial charge on any atom is -0.493 e. The van der Waals surface area contributed by atoms with E-state index in [9.17, 15) is 9.18 Å². The number of amides is 1. The number of thiocarbonyl (C=S) groups is 1. The third-order valence-corrected chi connectivity index (χ3v) is 4.27. The molecule has 0 aliphatic heterocycles. The van der Waals surface area contributed by atoms with E-state index in [1.807, 2.05) is 6.92 Å². The highest BCUT2D eigenvalue weighted by atomic mass is 79.9. The number of nitrogens with zero attached hydrogens (tertiary/aromatic N) is 1. The summed E-state index contributed by atoms with van der Waals surface area (Å²) in [6, 6.07) is 8.92. The first-order valence-electron chi connectivity index (χ1n) is 8.55. The van der Waals surface area contributed by atoms with Crippen LogP contribution in [0.25, 0.3) is 0 Å². The molecule has 0 saturated carbocycles. The number of carbonyl (C=O) groups is 1. The van der Waals surface area contributed by atoms with Gasteiger partial charge in [0.1, 0.15) is 5.82 Å². The first-order valence-corrected chi connectivity index (χ1v) is 9.75. The van der Waals surface area contributed by atoms with Crippen LogP contribution in [0.5, 0.6) is 11.5 Å². The van der Waals surface area contributed by atoms with Crippen molar-refractivity contribution in [2.75, 3.05) is 25.6 Å². The summed E-state index contributed by atoms with van der Waals surface area (Å²) in [7, 11) is 1.49. The quantitative estimate of drug-likeness (QED) is 0.303. The predicted octanol–water partition coefficient (Wildman–Crippen LogP) is 3.43. The molecule has 29 heavy (non-hydrogen) atoms. The van der Waals surface area contributed by atoms with E-state index in [1.54, 1.807) is 18.3 Å². The molecule has 2 aromatic carbocycles. The molecule has 0 aliphatic carbocycles. The summed E-state index contributed by atoms with van der Waals surface area (Å²) in [4.78, 5) is 12.1. The summed E-state index contributed by atoms with van der Waals surface area (Å²) < 4.78 is 24.5. The van der Waals surface area contributed by atoms with Gasteiger partial charge in [0.15, 0.2) is 23.2 Å². The van der Waals surface area contributed by atoms with Crippen LogP contribution in [0.15, 0.2) is 46.0 Å². The number of methoxy groups -OCH3 is 1. The average molecular weight is 483 g/mol. The van der Waals surface area contributed by atoms with Crippen LogP contribution >= 0.6 is 28.1 Å². The van der Waals surface area contributed by atoms with Gasteiger partial charge in [-0.2, -0.15) is 5.10 Å². The van der Waals surface area contributed by atoms with Crippen LogP contribution in [0.4, 0.5) is 10.1 Å². The topological polar surface area (TPSA) is 84.0 Å². The molecule has 0 aliphatic rings. The van der Waals surface area contributed by atoms with E-state index >= 15 is 0 Å². The van der Waals surface area contributed by atoms with Crippen molar-refractivity contribution in [2.24, 2.45) is 5.10 Å². The van der Waals surface area contributed by atoms with Gasteiger partial charge in [0.25, 0.3) is 5.91 Å². The number of carbonyl (C=O) groups excluding carboxylic acids is 1. The summed E-state index contributed by atoms with van der Waals surface area (Å²) >= 11 is 8.44. The van der Waals surface area contributed by atoms with Crippen molar-refractivity contribution in [3.63, 3.8) is 0 Å². The largest absolute Gasteiger partial charge is 0.493 e. The van der Waals surface area contributed by atoms with E-state index in [-0.39, 0.29) is 12.4 Å². The zero-order chi connectivity index (χ0) is 21.2. The van der Waals surface area contributed by atoms with Crippen LogP contribution in [0.3, 0.4) is 0 Å². The highest BCUT2D eigenvalue weighted by molar-refractivity contribution is 9.10. The number of nitrogens with one attached hydrogen (secondary N) is 3. The number of ether oxygens (including phenoxy) is 2. The highest BCUT2D eigenvalue weighted by Crippen LogP contribution is 2.36. The van der Waals surface area contributed by atoms with Gasteiger partial charge in [-0.05, 0) is 77.0 Å². The number of rotatable bonds is 8. The molecule has 7 nitrogen and oxygen atoms in total. The first-order chi connectivity index (χ1) is 13.9. The molecular weight excluding hydrogens is 463 g/mol. The highest BCUT2D eigenvalue weighted by Gasteiger charge is 2.13. The number of anilines is 1. The lowest BCUT2D eigenvalue weighted by atomic mass is 10.2. The third kappa shape index (κ3) is 7.31. The van der Waals surface area contributed by atoms with Crippen LogP contribution in [0.2, 0.25) is 0 Å². The Kier molecular flexibility index (Phi) is 8.81. The van der Waals surface area contributed by atoms with E-state index in [2.05, 4.69) is 37.1 Å². The van der Waals surface area contributed by atoms with Crippen molar-refractivity contribution in [3.8, 4) is 11.5 Å². The van der Waals surface area contributed by atoms with Gasteiger partial charge in [0, 0.05) is 12.2 Å². The summed E-state index contributed by atoms with van der Waals surface area (Å²) in [5.41, 5.74) is 3.89. The summed E-state index contributed by atoms with van der Waals surface area (Å²) in [6.45, 7) is 2.37. The maximum atomic E-state index is 12.9. The molecule has 0 fully saturated rings. The predicted molar refractivity (Wildman–Crippen MR) is 118 cm³/mol. The van der Waals surface area contributed by atoms with Crippen molar-refractivity contribution in [1.29, 1.82) is 0 Å². The molecule has 2 aromatic rings. The Hall–Kier alpha value is -2.72. The van der Waals surface area contributed by atoms with E-state index < -0.39 is 5.91 Å². The standard InChI is InChI=1S/C19H20BrFN4O3S/c1-3-22-19(29)25-23-10-12-8-15(20)18(16(9-12)27-2)28-11-17(26)24-14-6-4-13(21)5-7-14/h4-10H,3,11H2,1-2H3,(H,24,26)(H2,22,25,29)/b23-10-. The zero-order valence-electron chi connectivity index (χ0n) is 15.8. The maximum absolute atomic E-state index is 12.9. The summed E-state index contributed by atoms with van der Waals surface area (Å²) in [5.74, 6) is 0.0206. The van der Waals surface area contributed by atoms with E-state index in [0.29, 0.717) is 33.3 Å². The van der Waals surface area contributed by atoms with Gasteiger partial charge in [0.05, 0.1) is 17.8 Å². The smallest absolute Gasteiger partial charge is 0.262 e. The molecule has 2 rings (SSSR count). The fourth-order valence-electron chi connectivity index (χ4n) is 2.19. The zero-order valence-corrected chi connectivity index (χ0v) is 18.2. The Morgan fingerprint density at radius 3 is 2.69 bits per heavy atom. The molecule has 0 spiro atoms. The van der Waals surface area contributed by atoms with Crippen molar-refractivity contribution in [2.45, 2.75) is 6.92 Å². The molecular formula is C19H20BrFN4O3S. The molecule has 1 amide bonds. The molecule has 154 valence electrons. The Morgan fingerprint density at radius 1 is 1.31 bits per heavy atom. The second kappa shape index (κ2) is 11.3. The summed E-state index contributed by atoms with van der Waals surface area (Å²) in [6.07, 6.45) is 1.57. The number of halogens is 2. The maximum Gasteiger partial charge on any atom is 0.262 e. The minimum atomic E-state index is -0.391. The molecule has 0 atom stereocenters. The molecule has 0 heterocycles. The van der Waals surface area contributed by atoms with Crippen molar-refractivity contribution in [1.82, 2.24) is 10.7 Å². The van der Waals surface area contributed by atoms with Gasteiger partial charge in [-0.25, -0.2) is 4.39 Å². The molecule has 0 radical (unpaired) electrons. The number of hydrazone groups is 1. The van der Waals surface area contributed by atoms with Gasteiger partial charge < -0.3 is 20.1 Å². The van der Waals surface area contributed by atoms with Gasteiger partial charge in [0.2, 0.25) is 0 Å². The molecule has 0 bridgehead atoms. The normalized spacial score (nSPS) is 10.5. The van der Waals surface area contributed by atoms with E-state index in [4.69, 9.17) is 21.7 Å².